The van der Waals surface area contributed by atoms with Crippen LogP contribution in [0.2, 0.25) is 5.02 Å². The van der Waals surface area contributed by atoms with Gasteiger partial charge < -0.3 is 30.3 Å². The van der Waals surface area contributed by atoms with Crippen LogP contribution in [-0.4, -0.2) is 53.1 Å². The van der Waals surface area contributed by atoms with Gasteiger partial charge in [0.2, 0.25) is 0 Å². The molecule has 4 N–H and O–H groups in total. The van der Waals surface area contributed by atoms with E-state index in [1.807, 2.05) is 18.5 Å². The third kappa shape index (κ3) is 9.42. The molecule has 0 aliphatic heterocycles. The van der Waals surface area contributed by atoms with Gasteiger partial charge in [0.05, 0.1) is 31.0 Å². The van der Waals surface area contributed by atoms with Crippen molar-refractivity contribution in [2.24, 2.45) is 0 Å². The van der Waals surface area contributed by atoms with Crippen molar-refractivity contribution in [2.45, 2.75) is 95.5 Å². The maximum Gasteiger partial charge on any atom is 0.314 e. The number of rotatable bonds is 18. The van der Waals surface area contributed by atoms with E-state index in [0.717, 1.165) is 85.8 Å². The van der Waals surface area contributed by atoms with E-state index in [9.17, 15) is 9.90 Å². The topological polar surface area (TPSA) is 113 Å². The van der Waals surface area contributed by atoms with Gasteiger partial charge in [0.15, 0.2) is 0 Å². The van der Waals surface area contributed by atoms with Crippen LogP contribution in [0.4, 0.5) is 4.79 Å². The van der Waals surface area contributed by atoms with Gasteiger partial charge >= 0.3 is 6.03 Å². The number of aromatic nitrogens is 1. The maximum absolute atomic E-state index is 12.0. The van der Waals surface area contributed by atoms with Gasteiger partial charge in [-0.3, -0.25) is 4.98 Å². The first kappa shape index (κ1) is 33.2. The smallest absolute Gasteiger partial charge is 0.314 e. The first-order valence-electron chi connectivity index (χ1n) is 16.3. The van der Waals surface area contributed by atoms with Gasteiger partial charge in [-0.15, -0.1) is 0 Å². The highest BCUT2D eigenvalue weighted by Crippen LogP contribution is 2.53. The van der Waals surface area contributed by atoms with E-state index in [2.05, 4.69) is 58.9 Å². The number of hydrogen-bond acceptors (Lipinski definition) is 6. The number of nitrogens with one attached hydrogen (secondary N) is 2. The Kier molecular flexibility index (Phi) is 11.7. The van der Waals surface area contributed by atoms with Crippen LogP contribution in [0.3, 0.4) is 0 Å². The lowest BCUT2D eigenvalue weighted by molar-refractivity contribution is 0.0173. The average molecular weight is 636 g/mol. The summed E-state index contributed by atoms with van der Waals surface area (Å²) in [5.74, 6) is 0.917. The minimum atomic E-state index is -0.677. The minimum Gasteiger partial charge on any atom is -0.490 e. The first-order chi connectivity index (χ1) is 21.9. The molecule has 1 atom stereocenters. The highest BCUT2D eigenvalue weighted by molar-refractivity contribution is 6.31. The number of aryl methyl sites for hydroxylation is 2. The zero-order chi connectivity index (χ0) is 31.6. The first-order valence-corrected chi connectivity index (χ1v) is 16.7. The fraction of sp³-hybridized carbons (Fsp3) is 0.500. The molecule has 1 heterocycles. The standard InChI is InChI=1S/C36H46ClN3O5/c1-25-20-27(33(37)21-26(25)8-4-6-17-39-35(43)40-18-7-5-9-28(42)23-41)24-44-36(15-16-36)32-22-38-19-14-30(32)31-10-2-3-11-34(31)45-29-12-13-29/h2-3,10-11,14,19-22,28-29,41-42H,4-9,12-13,15-18,23-24H2,1H3,(H2,39,40,43). The summed E-state index contributed by atoms with van der Waals surface area (Å²) in [6.07, 6.45) is 12.3. The summed E-state index contributed by atoms with van der Waals surface area (Å²) in [7, 11) is 0. The minimum absolute atomic E-state index is 0.177. The van der Waals surface area contributed by atoms with Crippen molar-refractivity contribution in [3.8, 4) is 16.9 Å². The van der Waals surface area contributed by atoms with Gasteiger partial charge in [-0.1, -0.05) is 35.9 Å². The number of pyridine rings is 1. The molecule has 2 fully saturated rings. The molecule has 2 aromatic carbocycles. The van der Waals surface area contributed by atoms with Crippen LogP contribution in [0, 0.1) is 6.92 Å². The lowest BCUT2D eigenvalue weighted by atomic mass is 9.96. The van der Waals surface area contributed by atoms with E-state index >= 15 is 0 Å². The second-order valence-electron chi connectivity index (χ2n) is 12.4. The van der Waals surface area contributed by atoms with Gasteiger partial charge in [-0.25, -0.2) is 4.79 Å². The maximum atomic E-state index is 12.0. The van der Waals surface area contributed by atoms with Gasteiger partial charge in [0.25, 0.3) is 0 Å². The Bertz CT molecular complexity index is 1430. The molecule has 2 saturated carbocycles. The lowest BCUT2D eigenvalue weighted by Gasteiger charge is -2.22. The number of amides is 2. The molecular weight excluding hydrogens is 590 g/mol. The molecule has 0 bridgehead atoms. The second kappa shape index (κ2) is 15.9. The molecule has 2 aliphatic rings. The van der Waals surface area contributed by atoms with E-state index in [4.69, 9.17) is 26.2 Å². The second-order valence-corrected chi connectivity index (χ2v) is 12.8. The van der Waals surface area contributed by atoms with Gasteiger partial charge in [0, 0.05) is 41.6 Å². The zero-order valence-corrected chi connectivity index (χ0v) is 27.0. The summed E-state index contributed by atoms with van der Waals surface area (Å²) < 4.78 is 12.9. The molecule has 2 aliphatic carbocycles. The average Bonchev–Trinajstić information content (AvgIpc) is 3.99. The SMILES string of the molecule is Cc1cc(COC2(c3cnccc3-c3ccccc3OC3CC3)CC2)c(Cl)cc1CCCCNC(=O)NCCCCC(O)CO. The molecule has 242 valence electrons. The number of para-hydroxylation sites is 1. The molecule has 9 heteroatoms. The third-order valence-electron chi connectivity index (χ3n) is 8.64. The summed E-state index contributed by atoms with van der Waals surface area (Å²) >= 11 is 6.78. The number of benzene rings is 2. The fourth-order valence-electron chi connectivity index (χ4n) is 5.64. The number of ether oxygens (including phenoxy) is 2. The number of nitrogens with zero attached hydrogens (tertiary/aromatic N) is 1. The summed E-state index contributed by atoms with van der Waals surface area (Å²) in [5.41, 5.74) is 6.29. The number of urea groups is 1. The third-order valence-corrected chi connectivity index (χ3v) is 8.99. The van der Waals surface area contributed by atoms with Gasteiger partial charge in [0.1, 0.15) is 5.75 Å². The predicted molar refractivity (Wildman–Crippen MR) is 176 cm³/mol. The van der Waals surface area contributed by atoms with Crippen LogP contribution < -0.4 is 15.4 Å². The van der Waals surface area contributed by atoms with E-state index < -0.39 is 6.10 Å². The Morgan fingerprint density at radius 1 is 1.04 bits per heavy atom. The lowest BCUT2D eigenvalue weighted by Crippen LogP contribution is -2.36. The highest BCUT2D eigenvalue weighted by Gasteiger charge is 2.47. The van der Waals surface area contributed by atoms with E-state index in [1.165, 1.54) is 11.1 Å². The Morgan fingerprint density at radius 2 is 1.80 bits per heavy atom. The Morgan fingerprint density at radius 3 is 2.53 bits per heavy atom. The fourth-order valence-corrected chi connectivity index (χ4v) is 5.88. The Balaban J connectivity index is 1.10. The summed E-state index contributed by atoms with van der Waals surface area (Å²) in [5, 5.41) is 24.6. The number of unbranched alkanes of at least 4 members (excludes halogenated alkanes) is 2. The molecule has 45 heavy (non-hydrogen) atoms. The van der Waals surface area contributed by atoms with Crippen molar-refractivity contribution in [2.75, 3.05) is 19.7 Å². The normalized spacial score (nSPS) is 15.8. The Labute approximate surface area is 271 Å². The van der Waals surface area contributed by atoms with E-state index in [0.29, 0.717) is 37.2 Å². The predicted octanol–water partition coefficient (Wildman–Crippen LogP) is 6.60. The van der Waals surface area contributed by atoms with Crippen molar-refractivity contribution in [3.05, 3.63) is 82.1 Å². The molecule has 3 aromatic rings. The van der Waals surface area contributed by atoms with Crippen LogP contribution in [0.25, 0.3) is 11.1 Å². The molecule has 1 unspecified atom stereocenters. The number of aliphatic hydroxyl groups is 2. The summed E-state index contributed by atoms with van der Waals surface area (Å²) in [6.45, 7) is 3.47. The number of halogens is 1. The van der Waals surface area contributed by atoms with Crippen molar-refractivity contribution in [3.63, 3.8) is 0 Å². The van der Waals surface area contributed by atoms with Crippen LogP contribution in [-0.2, 0) is 23.4 Å². The Hall–Kier alpha value is -3.17. The van der Waals surface area contributed by atoms with Crippen molar-refractivity contribution >= 4 is 17.6 Å². The van der Waals surface area contributed by atoms with Crippen LogP contribution in [0.1, 0.15) is 80.0 Å². The molecular formula is C36H46ClN3O5. The van der Waals surface area contributed by atoms with Crippen molar-refractivity contribution in [1.29, 1.82) is 0 Å². The number of aliphatic hydroxyl groups excluding tert-OH is 2. The quantitative estimate of drug-likeness (QED) is 0.117. The monoisotopic (exact) mass is 635 g/mol. The van der Waals surface area contributed by atoms with E-state index in [1.54, 1.807) is 0 Å². The van der Waals surface area contributed by atoms with Crippen molar-refractivity contribution in [1.82, 2.24) is 15.6 Å². The molecule has 0 saturated heterocycles. The summed E-state index contributed by atoms with van der Waals surface area (Å²) in [4.78, 5) is 16.5. The molecule has 8 nitrogen and oxygen atoms in total. The molecule has 0 radical (unpaired) electrons. The van der Waals surface area contributed by atoms with Gasteiger partial charge in [-0.2, -0.15) is 0 Å². The number of hydrogen-bond donors (Lipinski definition) is 4. The van der Waals surface area contributed by atoms with Crippen LogP contribution in [0.5, 0.6) is 5.75 Å². The number of carbonyl (C=O) groups excluding carboxylic acids is 1. The van der Waals surface area contributed by atoms with Crippen LogP contribution >= 0.6 is 11.6 Å². The van der Waals surface area contributed by atoms with Crippen LogP contribution in [0.15, 0.2) is 54.9 Å². The van der Waals surface area contributed by atoms with Gasteiger partial charge in [-0.05, 0) is 112 Å². The zero-order valence-electron chi connectivity index (χ0n) is 26.2. The van der Waals surface area contributed by atoms with Crippen molar-refractivity contribution < 1.29 is 24.5 Å². The molecule has 1 aromatic heterocycles. The van der Waals surface area contributed by atoms with E-state index in [-0.39, 0.29) is 18.2 Å². The molecule has 2 amide bonds. The molecule has 5 rings (SSSR count). The largest absolute Gasteiger partial charge is 0.490 e. The molecule has 0 spiro atoms. The summed E-state index contributed by atoms with van der Waals surface area (Å²) in [6, 6.07) is 14.3. The highest BCUT2D eigenvalue weighted by atomic mass is 35.5. The number of carbonyl (C=O) groups is 1.